The van der Waals surface area contributed by atoms with Gasteiger partial charge in [0.15, 0.2) is 0 Å². The Hall–Kier alpha value is -0.770. The van der Waals surface area contributed by atoms with Crippen LogP contribution in [-0.4, -0.2) is 23.9 Å². The Labute approximate surface area is 204 Å². The first-order valence-electron chi connectivity index (χ1n) is 12.3. The third-order valence-electron chi connectivity index (χ3n) is 7.45. The van der Waals surface area contributed by atoms with Gasteiger partial charge in [-0.15, -0.1) is 21.6 Å². The van der Waals surface area contributed by atoms with Gasteiger partial charge in [-0.2, -0.15) is 0 Å². The fourth-order valence-electron chi connectivity index (χ4n) is 4.43. The highest BCUT2D eigenvalue weighted by atomic mass is 32.3. The van der Waals surface area contributed by atoms with E-state index in [1.807, 2.05) is 11.3 Å². The molecule has 1 heterocycles. The maximum Gasteiger partial charge on any atom is 0.0752 e. The fourth-order valence-corrected chi connectivity index (χ4v) is 6.90. The zero-order valence-electron chi connectivity index (χ0n) is 22.6. The molecule has 1 aromatic carbocycles. The summed E-state index contributed by atoms with van der Waals surface area (Å²) >= 11 is 1.92. The van der Waals surface area contributed by atoms with E-state index in [1.165, 1.54) is 27.1 Å². The molecule has 0 aliphatic rings. The molecule has 1 aromatic heterocycles. The second-order valence-corrected chi connectivity index (χ2v) is 15.9. The van der Waals surface area contributed by atoms with Crippen LogP contribution in [0.4, 0.5) is 0 Å². The van der Waals surface area contributed by atoms with Gasteiger partial charge in [-0.3, -0.25) is 0 Å². The van der Waals surface area contributed by atoms with E-state index in [-0.39, 0.29) is 16.9 Å². The number of hydrogen-bond donors (Lipinski definition) is 0. The van der Waals surface area contributed by atoms with E-state index in [9.17, 15) is 0 Å². The SMILES string of the molecule is CCC(CC)(c1ccc(CCC(OS(C)(C)C(C)C)C(C)(C)C)c(C)c1)c1cc(C)cs1. The highest BCUT2D eigenvalue weighted by Crippen LogP contribution is 2.50. The van der Waals surface area contributed by atoms with Crippen molar-refractivity contribution in [2.45, 2.75) is 105 Å². The van der Waals surface area contributed by atoms with Crippen molar-refractivity contribution in [1.29, 1.82) is 0 Å². The molecule has 0 saturated heterocycles. The van der Waals surface area contributed by atoms with E-state index in [0.717, 1.165) is 25.7 Å². The molecule has 0 amide bonds. The fraction of sp³-hybridized carbons (Fsp3) is 0.655. The molecule has 0 aliphatic heterocycles. The van der Waals surface area contributed by atoms with E-state index in [1.54, 1.807) is 0 Å². The third-order valence-corrected chi connectivity index (χ3v) is 11.7. The average molecular weight is 477 g/mol. The van der Waals surface area contributed by atoms with Crippen LogP contribution in [-0.2, 0) is 16.0 Å². The van der Waals surface area contributed by atoms with Gasteiger partial charge < -0.3 is 4.18 Å². The van der Waals surface area contributed by atoms with Crippen molar-refractivity contribution in [3.8, 4) is 0 Å². The van der Waals surface area contributed by atoms with E-state index in [2.05, 4.69) is 104 Å². The van der Waals surface area contributed by atoms with E-state index in [0.29, 0.717) is 5.25 Å². The van der Waals surface area contributed by atoms with Gasteiger partial charge in [-0.1, -0.05) is 66.7 Å². The van der Waals surface area contributed by atoms with Gasteiger partial charge in [-0.25, -0.2) is 0 Å². The van der Waals surface area contributed by atoms with Crippen LogP contribution in [0, 0.1) is 19.3 Å². The second-order valence-electron chi connectivity index (χ2n) is 11.3. The molecule has 1 nitrogen and oxygen atoms in total. The number of aryl methyl sites for hydroxylation is 3. The van der Waals surface area contributed by atoms with Crippen molar-refractivity contribution in [3.05, 3.63) is 56.8 Å². The Kier molecular flexibility index (Phi) is 9.15. The summed E-state index contributed by atoms with van der Waals surface area (Å²) in [6.45, 7) is 20.7. The molecule has 0 aliphatic carbocycles. The topological polar surface area (TPSA) is 9.23 Å². The molecule has 0 N–H and O–H groups in total. The first-order valence-corrected chi connectivity index (χ1v) is 15.6. The molecule has 0 bridgehead atoms. The zero-order chi connectivity index (χ0) is 24.3. The molecular weight excluding hydrogens is 428 g/mol. The first kappa shape index (κ1) is 27.5. The normalized spacial score (nSPS) is 14.8. The molecule has 2 aromatic rings. The molecule has 0 spiro atoms. The maximum absolute atomic E-state index is 6.78. The molecule has 1 atom stereocenters. The minimum absolute atomic E-state index is 0.129. The van der Waals surface area contributed by atoms with E-state index >= 15 is 0 Å². The molecule has 1 unspecified atom stereocenters. The highest BCUT2D eigenvalue weighted by molar-refractivity contribution is 8.29. The summed E-state index contributed by atoms with van der Waals surface area (Å²) in [5.41, 5.74) is 6.01. The molecule has 0 radical (unpaired) electrons. The van der Waals surface area contributed by atoms with E-state index in [4.69, 9.17) is 4.18 Å². The quantitative estimate of drug-likeness (QED) is 0.332. The van der Waals surface area contributed by atoms with Gasteiger partial charge in [0, 0.05) is 15.5 Å². The molecule has 0 fully saturated rings. The monoisotopic (exact) mass is 476 g/mol. The minimum atomic E-state index is -1.06. The van der Waals surface area contributed by atoms with Crippen LogP contribution >= 0.6 is 21.6 Å². The molecule has 2 rings (SSSR count). The lowest BCUT2D eigenvalue weighted by molar-refractivity contribution is 0.0943. The van der Waals surface area contributed by atoms with Crippen LogP contribution in [0.5, 0.6) is 0 Å². The predicted molar refractivity (Wildman–Crippen MR) is 149 cm³/mol. The summed E-state index contributed by atoms with van der Waals surface area (Å²) in [6.07, 6.45) is 9.32. The Morgan fingerprint density at radius 2 is 1.62 bits per heavy atom. The number of benzene rings is 1. The summed E-state index contributed by atoms with van der Waals surface area (Å²) in [5, 5.41) is 2.87. The lowest BCUT2D eigenvalue weighted by atomic mass is 9.73. The summed E-state index contributed by atoms with van der Waals surface area (Å²) in [6, 6.07) is 9.66. The molecule has 3 heteroatoms. The van der Waals surface area contributed by atoms with Crippen LogP contribution in [0.1, 0.15) is 94.9 Å². The Bertz CT molecular complexity index is 866. The zero-order valence-corrected chi connectivity index (χ0v) is 24.2. The lowest BCUT2D eigenvalue weighted by Crippen LogP contribution is -2.32. The summed E-state index contributed by atoms with van der Waals surface area (Å²) in [5.74, 6) is 0. The molecule has 32 heavy (non-hydrogen) atoms. The smallest absolute Gasteiger partial charge is 0.0752 e. The summed E-state index contributed by atoms with van der Waals surface area (Å²) in [7, 11) is -1.06. The van der Waals surface area contributed by atoms with Crippen LogP contribution in [0.2, 0.25) is 0 Å². The van der Waals surface area contributed by atoms with Crippen molar-refractivity contribution in [3.63, 3.8) is 0 Å². The Balaban J connectivity index is 2.27. The van der Waals surface area contributed by atoms with Gasteiger partial charge in [0.1, 0.15) is 0 Å². The van der Waals surface area contributed by atoms with E-state index < -0.39 is 10.3 Å². The summed E-state index contributed by atoms with van der Waals surface area (Å²) < 4.78 is 6.78. The predicted octanol–water partition coefficient (Wildman–Crippen LogP) is 9.22. The van der Waals surface area contributed by atoms with Gasteiger partial charge in [0.2, 0.25) is 0 Å². The third kappa shape index (κ3) is 6.21. The Morgan fingerprint density at radius 3 is 2.06 bits per heavy atom. The average Bonchev–Trinajstić information content (AvgIpc) is 3.13. The van der Waals surface area contributed by atoms with Crippen molar-refractivity contribution >= 4 is 21.6 Å². The first-order chi connectivity index (χ1) is 14.8. The largest absolute Gasteiger partial charge is 0.333 e. The Morgan fingerprint density at radius 1 is 1.00 bits per heavy atom. The second kappa shape index (κ2) is 10.7. The maximum atomic E-state index is 6.78. The van der Waals surface area contributed by atoms with Gasteiger partial charge in [0.25, 0.3) is 0 Å². The van der Waals surface area contributed by atoms with Crippen LogP contribution in [0.3, 0.4) is 0 Å². The van der Waals surface area contributed by atoms with Crippen LogP contribution in [0.25, 0.3) is 0 Å². The minimum Gasteiger partial charge on any atom is -0.333 e. The number of hydrogen-bond acceptors (Lipinski definition) is 2. The number of thiophene rings is 1. The highest BCUT2D eigenvalue weighted by Gasteiger charge is 2.33. The van der Waals surface area contributed by atoms with Crippen LogP contribution < -0.4 is 0 Å². The summed E-state index contributed by atoms with van der Waals surface area (Å²) in [4.78, 5) is 1.51. The van der Waals surface area contributed by atoms with Crippen molar-refractivity contribution < 1.29 is 4.18 Å². The molecule has 182 valence electrons. The van der Waals surface area contributed by atoms with Crippen LogP contribution in [0.15, 0.2) is 29.6 Å². The standard InChI is InChI=1S/C29H48OS2/c1-12-29(13-2,27-18-22(5)20-31-27)25-16-14-24(23(6)19-25)15-17-26(28(7,8)9)30-32(10,11)21(3)4/h14,16,18-21,26H,12-13,15,17H2,1-11H3. The van der Waals surface area contributed by atoms with Gasteiger partial charge in [0.05, 0.1) is 6.10 Å². The number of rotatable bonds is 10. The van der Waals surface area contributed by atoms with Crippen molar-refractivity contribution in [2.75, 3.05) is 12.5 Å². The molecular formula is C29H48OS2. The van der Waals surface area contributed by atoms with Gasteiger partial charge >= 0.3 is 0 Å². The van der Waals surface area contributed by atoms with Crippen molar-refractivity contribution in [1.82, 2.24) is 0 Å². The van der Waals surface area contributed by atoms with Gasteiger partial charge in [-0.05, 0) is 91.2 Å². The van der Waals surface area contributed by atoms with Crippen molar-refractivity contribution in [2.24, 2.45) is 5.41 Å². The molecule has 0 saturated carbocycles. The lowest BCUT2D eigenvalue weighted by Gasteiger charge is -2.43.